The molecule has 0 bridgehead atoms. The van der Waals surface area contributed by atoms with Gasteiger partial charge in [-0.3, -0.25) is 4.79 Å². The van der Waals surface area contributed by atoms with Crippen LogP contribution in [0.1, 0.15) is 10.4 Å². The number of carbonyl (C=O) groups is 2. The van der Waals surface area contributed by atoms with Gasteiger partial charge in [-0.25, -0.2) is 0 Å². The lowest BCUT2D eigenvalue weighted by Gasteiger charge is -2.15. The summed E-state index contributed by atoms with van der Waals surface area (Å²) in [5.41, 5.74) is 5.85. The second-order valence-electron chi connectivity index (χ2n) is 4.20. The predicted molar refractivity (Wildman–Crippen MR) is 72.1 cm³/mol. The fourth-order valence-corrected chi connectivity index (χ4v) is 1.67. The Bertz CT molecular complexity index is 523. The molecular weight excluding hydrogens is 311 g/mol. The number of alkyl halides is 3. The number of hydrogen-bond donors (Lipinski definition) is 3. The van der Waals surface area contributed by atoms with Crippen molar-refractivity contribution in [2.45, 2.75) is 12.2 Å². The number of hydrogen-bond acceptors (Lipinski definition) is 4. The highest BCUT2D eigenvalue weighted by atomic mass is 35.5. The summed E-state index contributed by atoms with van der Waals surface area (Å²) in [6, 6.07) is 3.09. The monoisotopic (exact) mass is 323 g/mol. The second-order valence-corrected chi connectivity index (χ2v) is 4.61. The van der Waals surface area contributed by atoms with Crippen LogP contribution in [0.5, 0.6) is 0 Å². The van der Waals surface area contributed by atoms with Gasteiger partial charge in [-0.1, -0.05) is 11.6 Å². The zero-order valence-electron chi connectivity index (χ0n) is 10.7. The Hall–Kier alpha value is -1.80. The van der Waals surface area contributed by atoms with Gasteiger partial charge in [-0.2, -0.15) is 13.2 Å². The van der Waals surface area contributed by atoms with Crippen LogP contribution in [0.4, 0.5) is 18.9 Å². The summed E-state index contributed by atoms with van der Waals surface area (Å²) in [6.07, 6.45) is -4.06. The van der Waals surface area contributed by atoms with Crippen LogP contribution in [0.2, 0.25) is 5.02 Å². The molecule has 0 aliphatic heterocycles. The van der Waals surface area contributed by atoms with Crippen molar-refractivity contribution in [2.75, 3.05) is 18.8 Å². The summed E-state index contributed by atoms with van der Waals surface area (Å²) in [7, 11) is 0. The molecule has 0 heterocycles. The van der Waals surface area contributed by atoms with Crippen LogP contribution < -0.4 is 16.4 Å². The number of nitrogens with one attached hydrogen (secondary N) is 2. The molecular formula is C12H13ClF3N3O2. The minimum absolute atomic E-state index is 0.0411. The number of anilines is 1. The Morgan fingerprint density at radius 3 is 2.67 bits per heavy atom. The predicted octanol–water partition coefficient (Wildman–Crippen LogP) is 1.37. The third-order valence-corrected chi connectivity index (χ3v) is 2.74. The summed E-state index contributed by atoms with van der Waals surface area (Å²) in [5, 5.41) is 4.41. The minimum Gasteiger partial charge on any atom is -0.399 e. The molecule has 0 saturated carbocycles. The van der Waals surface area contributed by atoms with Crippen LogP contribution in [0.3, 0.4) is 0 Å². The number of benzene rings is 1. The standard InChI is InChI=1S/C12H13ClF3N3O2/c13-10-2-1-7(17)3-9(10)11(21)19-8(5-20)4-18-6-12(14,15)16/h1-3,5,8,18H,4,6,17H2,(H,19,21). The van der Waals surface area contributed by atoms with Crippen molar-refractivity contribution < 1.29 is 22.8 Å². The Morgan fingerprint density at radius 2 is 2.10 bits per heavy atom. The SMILES string of the molecule is Nc1ccc(Cl)c(C(=O)NC(C=O)CNCC(F)(F)F)c1. The molecule has 1 amide bonds. The molecule has 0 aliphatic rings. The molecule has 1 aromatic rings. The minimum atomic E-state index is -4.39. The maximum absolute atomic E-state index is 12.0. The van der Waals surface area contributed by atoms with E-state index in [4.69, 9.17) is 17.3 Å². The van der Waals surface area contributed by atoms with E-state index in [1.165, 1.54) is 18.2 Å². The number of nitrogen functional groups attached to an aromatic ring is 1. The molecule has 1 atom stereocenters. The van der Waals surface area contributed by atoms with Crippen molar-refractivity contribution in [1.82, 2.24) is 10.6 Å². The smallest absolute Gasteiger partial charge is 0.399 e. The summed E-state index contributed by atoms with van der Waals surface area (Å²) in [4.78, 5) is 22.7. The van der Waals surface area contributed by atoms with Crippen molar-refractivity contribution in [3.63, 3.8) is 0 Å². The van der Waals surface area contributed by atoms with Gasteiger partial charge in [0.1, 0.15) is 6.29 Å². The van der Waals surface area contributed by atoms with Crippen LogP contribution in [0, 0.1) is 0 Å². The van der Waals surface area contributed by atoms with E-state index in [0.29, 0.717) is 12.0 Å². The molecule has 0 fully saturated rings. The average Bonchev–Trinajstić information content (AvgIpc) is 2.38. The van der Waals surface area contributed by atoms with Gasteiger partial charge in [0.05, 0.1) is 23.2 Å². The lowest BCUT2D eigenvalue weighted by Crippen LogP contribution is -2.45. The topological polar surface area (TPSA) is 84.2 Å². The maximum Gasteiger partial charge on any atom is 0.401 e. The number of amides is 1. The molecule has 4 N–H and O–H groups in total. The largest absolute Gasteiger partial charge is 0.401 e. The molecule has 0 saturated heterocycles. The van der Waals surface area contributed by atoms with Crippen LogP contribution in [0.15, 0.2) is 18.2 Å². The van der Waals surface area contributed by atoms with E-state index in [9.17, 15) is 22.8 Å². The second kappa shape index (κ2) is 7.28. The molecule has 0 radical (unpaired) electrons. The van der Waals surface area contributed by atoms with Crippen LogP contribution in [-0.4, -0.2) is 37.5 Å². The number of nitrogens with two attached hydrogens (primary N) is 1. The van der Waals surface area contributed by atoms with E-state index < -0.39 is 24.7 Å². The fraction of sp³-hybridized carbons (Fsp3) is 0.333. The molecule has 0 spiro atoms. The number of halogens is 4. The van der Waals surface area contributed by atoms with Crippen LogP contribution in [0.25, 0.3) is 0 Å². The van der Waals surface area contributed by atoms with Gasteiger partial charge < -0.3 is 21.2 Å². The molecule has 9 heteroatoms. The molecule has 0 aromatic heterocycles. The first-order valence-electron chi connectivity index (χ1n) is 5.81. The molecule has 5 nitrogen and oxygen atoms in total. The Morgan fingerprint density at radius 1 is 1.43 bits per heavy atom. The molecule has 1 aromatic carbocycles. The normalized spacial score (nSPS) is 12.8. The Kier molecular flexibility index (Phi) is 5.98. The van der Waals surface area contributed by atoms with Crippen LogP contribution >= 0.6 is 11.6 Å². The van der Waals surface area contributed by atoms with E-state index in [2.05, 4.69) is 5.32 Å². The number of carbonyl (C=O) groups excluding carboxylic acids is 2. The Balaban J connectivity index is 2.62. The average molecular weight is 324 g/mol. The number of aldehydes is 1. The third-order valence-electron chi connectivity index (χ3n) is 2.41. The molecule has 1 unspecified atom stereocenters. The highest BCUT2D eigenvalue weighted by molar-refractivity contribution is 6.34. The van der Waals surface area contributed by atoms with E-state index in [-0.39, 0.29) is 17.1 Å². The van der Waals surface area contributed by atoms with Gasteiger partial charge >= 0.3 is 6.18 Å². The fourth-order valence-electron chi connectivity index (χ4n) is 1.47. The summed E-state index contributed by atoms with van der Waals surface area (Å²) >= 11 is 5.81. The first kappa shape index (κ1) is 17.3. The van der Waals surface area contributed by atoms with Gasteiger partial charge in [0.15, 0.2) is 0 Å². The van der Waals surface area contributed by atoms with Crippen molar-refractivity contribution in [3.05, 3.63) is 28.8 Å². The molecule has 21 heavy (non-hydrogen) atoms. The molecule has 0 aliphatic carbocycles. The van der Waals surface area contributed by atoms with Gasteiger partial charge in [-0.15, -0.1) is 0 Å². The van der Waals surface area contributed by atoms with E-state index >= 15 is 0 Å². The van der Waals surface area contributed by atoms with Gasteiger partial charge in [0.2, 0.25) is 0 Å². The summed E-state index contributed by atoms with van der Waals surface area (Å²) < 4.78 is 35.9. The summed E-state index contributed by atoms with van der Waals surface area (Å²) in [6.45, 7) is -1.61. The van der Waals surface area contributed by atoms with Gasteiger partial charge in [-0.05, 0) is 18.2 Å². The molecule has 116 valence electrons. The van der Waals surface area contributed by atoms with Gasteiger partial charge in [0, 0.05) is 12.2 Å². The lowest BCUT2D eigenvalue weighted by molar-refractivity contribution is -0.125. The third kappa shape index (κ3) is 6.01. The summed E-state index contributed by atoms with van der Waals surface area (Å²) in [5.74, 6) is -0.696. The quantitative estimate of drug-likeness (QED) is 0.545. The van der Waals surface area contributed by atoms with Crippen molar-refractivity contribution in [3.8, 4) is 0 Å². The molecule has 1 rings (SSSR count). The first-order valence-corrected chi connectivity index (χ1v) is 6.19. The van der Waals surface area contributed by atoms with E-state index in [1.54, 1.807) is 0 Å². The first-order chi connectivity index (χ1) is 9.73. The van der Waals surface area contributed by atoms with Crippen molar-refractivity contribution >= 4 is 29.5 Å². The number of rotatable bonds is 6. The maximum atomic E-state index is 12.0. The van der Waals surface area contributed by atoms with E-state index in [1.807, 2.05) is 5.32 Å². The highest BCUT2D eigenvalue weighted by Gasteiger charge is 2.27. The highest BCUT2D eigenvalue weighted by Crippen LogP contribution is 2.18. The zero-order chi connectivity index (χ0) is 16.0. The zero-order valence-corrected chi connectivity index (χ0v) is 11.5. The van der Waals surface area contributed by atoms with Crippen molar-refractivity contribution in [2.24, 2.45) is 0 Å². The van der Waals surface area contributed by atoms with E-state index in [0.717, 1.165) is 0 Å². The Labute approximate surface area is 123 Å². The lowest BCUT2D eigenvalue weighted by atomic mass is 10.1. The van der Waals surface area contributed by atoms with Gasteiger partial charge in [0.25, 0.3) is 5.91 Å². The van der Waals surface area contributed by atoms with Crippen LogP contribution in [-0.2, 0) is 4.79 Å². The van der Waals surface area contributed by atoms with Crippen molar-refractivity contribution in [1.29, 1.82) is 0 Å².